The van der Waals surface area contributed by atoms with Crippen molar-refractivity contribution in [2.45, 2.75) is 20.4 Å². The highest BCUT2D eigenvalue weighted by molar-refractivity contribution is 6.08. The van der Waals surface area contributed by atoms with Crippen LogP contribution in [0.5, 0.6) is 5.75 Å². The monoisotopic (exact) mass is 323 g/mol. The largest absolute Gasteiger partial charge is 0.506 e. The van der Waals surface area contributed by atoms with Crippen LogP contribution in [-0.4, -0.2) is 20.6 Å². The quantitative estimate of drug-likeness (QED) is 0.776. The van der Waals surface area contributed by atoms with Crippen molar-refractivity contribution < 1.29 is 9.90 Å². The predicted octanol–water partition coefficient (Wildman–Crippen LogP) is 2.68. The number of anilines is 1. The van der Waals surface area contributed by atoms with Crippen LogP contribution >= 0.6 is 0 Å². The molecule has 0 unspecified atom stereocenters. The van der Waals surface area contributed by atoms with E-state index in [0.29, 0.717) is 23.3 Å². The number of nitrogens with zero attached hydrogens (tertiary/aromatic N) is 2. The van der Waals surface area contributed by atoms with Gasteiger partial charge in [-0.25, -0.2) is 4.98 Å². The van der Waals surface area contributed by atoms with E-state index >= 15 is 0 Å². The number of carbonyl (C=O) groups excluding carboxylic acids is 1. The second-order valence-electron chi connectivity index (χ2n) is 5.46. The van der Waals surface area contributed by atoms with Crippen molar-refractivity contribution in [2.24, 2.45) is 0 Å². The molecule has 122 valence electrons. The van der Waals surface area contributed by atoms with Gasteiger partial charge in [-0.05, 0) is 43.7 Å². The smallest absolute Gasteiger partial charge is 0.267 e. The van der Waals surface area contributed by atoms with E-state index in [2.05, 4.69) is 10.3 Å². The van der Waals surface area contributed by atoms with Crippen LogP contribution in [0.2, 0.25) is 0 Å². The van der Waals surface area contributed by atoms with Gasteiger partial charge in [0.15, 0.2) is 0 Å². The summed E-state index contributed by atoms with van der Waals surface area (Å²) in [6, 6.07) is 10.4. The summed E-state index contributed by atoms with van der Waals surface area (Å²) in [5, 5.41) is 13.5. The molecule has 0 aliphatic rings. The van der Waals surface area contributed by atoms with E-state index in [0.717, 1.165) is 5.56 Å². The van der Waals surface area contributed by atoms with Crippen molar-refractivity contribution in [2.75, 3.05) is 5.32 Å². The molecule has 0 aliphatic heterocycles. The third kappa shape index (κ3) is 2.62. The molecule has 0 aliphatic carbocycles. The lowest BCUT2D eigenvalue weighted by molar-refractivity contribution is 0.102. The number of aromatic nitrogens is 2. The van der Waals surface area contributed by atoms with Gasteiger partial charge in [-0.3, -0.25) is 9.59 Å². The number of fused-ring (bicyclic) bond motifs is 1. The molecule has 2 heterocycles. The molecule has 0 bridgehead atoms. The maximum atomic E-state index is 12.7. The lowest BCUT2D eigenvalue weighted by Crippen LogP contribution is -2.29. The normalized spacial score (nSPS) is 10.8. The van der Waals surface area contributed by atoms with E-state index in [1.807, 2.05) is 13.8 Å². The molecular weight excluding hydrogens is 306 g/mol. The highest BCUT2D eigenvalue weighted by atomic mass is 16.3. The molecule has 0 radical (unpaired) electrons. The maximum absolute atomic E-state index is 12.7. The predicted molar refractivity (Wildman–Crippen MR) is 92.5 cm³/mol. The van der Waals surface area contributed by atoms with Crippen molar-refractivity contribution in [3.8, 4) is 5.75 Å². The number of nitrogens with one attached hydrogen (secondary N) is 1. The van der Waals surface area contributed by atoms with Gasteiger partial charge >= 0.3 is 0 Å². The zero-order valence-corrected chi connectivity index (χ0v) is 13.4. The first kappa shape index (κ1) is 15.7. The molecule has 0 atom stereocenters. The van der Waals surface area contributed by atoms with E-state index in [9.17, 15) is 14.7 Å². The van der Waals surface area contributed by atoms with E-state index < -0.39 is 11.5 Å². The van der Waals surface area contributed by atoms with E-state index in [4.69, 9.17) is 0 Å². The molecule has 0 saturated heterocycles. The number of hydrogen-bond donors (Lipinski definition) is 2. The van der Waals surface area contributed by atoms with Crippen LogP contribution in [0, 0.1) is 6.92 Å². The molecule has 0 spiro atoms. The van der Waals surface area contributed by atoms with Crippen molar-refractivity contribution >= 4 is 22.6 Å². The maximum Gasteiger partial charge on any atom is 0.267 e. The summed E-state index contributed by atoms with van der Waals surface area (Å²) in [5.74, 6) is -0.663. The molecule has 6 nitrogen and oxygen atoms in total. The van der Waals surface area contributed by atoms with Crippen molar-refractivity contribution in [1.29, 1.82) is 0 Å². The minimum Gasteiger partial charge on any atom is -0.506 e. The van der Waals surface area contributed by atoms with Crippen LogP contribution < -0.4 is 10.9 Å². The molecule has 1 amide bonds. The number of amides is 1. The fourth-order valence-corrected chi connectivity index (χ4v) is 2.69. The molecule has 0 saturated carbocycles. The molecule has 6 heteroatoms. The number of aryl methyl sites for hydroxylation is 2. The SMILES string of the molecule is CCn1c(=O)c(C(=O)Nc2cc(C)ccn2)c(O)c2ccccc21. The van der Waals surface area contributed by atoms with Gasteiger partial charge in [0.1, 0.15) is 17.1 Å². The fourth-order valence-electron chi connectivity index (χ4n) is 2.69. The van der Waals surface area contributed by atoms with Gasteiger partial charge in [-0.1, -0.05) is 12.1 Å². The summed E-state index contributed by atoms with van der Waals surface area (Å²) in [6.07, 6.45) is 1.57. The number of carbonyl (C=O) groups is 1. The number of rotatable bonds is 3. The van der Waals surface area contributed by atoms with E-state index in [-0.39, 0.29) is 11.3 Å². The Hall–Kier alpha value is -3.15. The standard InChI is InChI=1S/C18H17N3O3/c1-3-21-13-7-5-4-6-12(13)16(22)15(18(21)24)17(23)20-14-10-11(2)8-9-19-14/h4-10,22H,3H2,1-2H3,(H,19,20,23). The van der Waals surface area contributed by atoms with Crippen LogP contribution in [0.25, 0.3) is 10.9 Å². The summed E-state index contributed by atoms with van der Waals surface area (Å²) >= 11 is 0. The number of pyridine rings is 2. The van der Waals surface area contributed by atoms with Crippen LogP contribution in [0.15, 0.2) is 47.4 Å². The van der Waals surface area contributed by atoms with E-state index in [1.54, 1.807) is 42.6 Å². The lowest BCUT2D eigenvalue weighted by Gasteiger charge is -2.13. The van der Waals surface area contributed by atoms with Crippen LogP contribution in [0.3, 0.4) is 0 Å². The van der Waals surface area contributed by atoms with Crippen LogP contribution in [0.1, 0.15) is 22.8 Å². The first-order valence-corrected chi connectivity index (χ1v) is 7.61. The highest BCUT2D eigenvalue weighted by Gasteiger charge is 2.22. The average molecular weight is 323 g/mol. The van der Waals surface area contributed by atoms with Gasteiger partial charge in [-0.15, -0.1) is 0 Å². The van der Waals surface area contributed by atoms with E-state index in [1.165, 1.54) is 4.57 Å². The highest BCUT2D eigenvalue weighted by Crippen LogP contribution is 2.26. The van der Waals surface area contributed by atoms with Gasteiger partial charge in [0.25, 0.3) is 11.5 Å². The Kier molecular flexibility index (Phi) is 4.04. The minimum atomic E-state index is -0.677. The average Bonchev–Trinajstić information content (AvgIpc) is 2.55. The van der Waals surface area contributed by atoms with Crippen LogP contribution in [0.4, 0.5) is 5.82 Å². The Morgan fingerprint density at radius 1 is 1.29 bits per heavy atom. The number of aromatic hydroxyl groups is 1. The first-order valence-electron chi connectivity index (χ1n) is 7.61. The van der Waals surface area contributed by atoms with Crippen molar-refractivity contribution in [3.05, 3.63) is 64.1 Å². The molecule has 1 aromatic carbocycles. The summed E-state index contributed by atoms with van der Waals surface area (Å²) in [5.41, 5.74) is 0.708. The molecule has 0 fully saturated rings. The Morgan fingerprint density at radius 3 is 2.75 bits per heavy atom. The molecule has 3 rings (SSSR count). The molecule has 2 aromatic heterocycles. The number of hydrogen-bond acceptors (Lipinski definition) is 4. The fraction of sp³-hybridized carbons (Fsp3) is 0.167. The van der Waals surface area contributed by atoms with Gasteiger partial charge in [0.05, 0.1) is 5.52 Å². The zero-order chi connectivity index (χ0) is 17.3. The molecular formula is C18H17N3O3. The molecule has 2 N–H and O–H groups in total. The third-order valence-corrected chi connectivity index (χ3v) is 3.85. The lowest BCUT2D eigenvalue weighted by atomic mass is 10.1. The van der Waals surface area contributed by atoms with Gasteiger partial charge in [0.2, 0.25) is 0 Å². The van der Waals surface area contributed by atoms with Gasteiger partial charge in [-0.2, -0.15) is 0 Å². The Labute approximate surface area is 138 Å². The Bertz CT molecular complexity index is 992. The summed E-state index contributed by atoms with van der Waals surface area (Å²) < 4.78 is 1.47. The van der Waals surface area contributed by atoms with Gasteiger partial charge in [0, 0.05) is 18.1 Å². The molecule has 3 aromatic rings. The summed E-state index contributed by atoms with van der Waals surface area (Å²) in [7, 11) is 0. The van der Waals surface area contributed by atoms with Crippen LogP contribution in [-0.2, 0) is 6.54 Å². The van der Waals surface area contributed by atoms with Crippen molar-refractivity contribution in [1.82, 2.24) is 9.55 Å². The molecule has 24 heavy (non-hydrogen) atoms. The first-order chi connectivity index (χ1) is 11.5. The third-order valence-electron chi connectivity index (χ3n) is 3.85. The zero-order valence-electron chi connectivity index (χ0n) is 13.4. The summed E-state index contributed by atoms with van der Waals surface area (Å²) in [4.78, 5) is 29.3. The number of benzene rings is 1. The summed E-state index contributed by atoms with van der Waals surface area (Å²) in [6.45, 7) is 4.08. The topological polar surface area (TPSA) is 84.2 Å². The Balaban J connectivity index is 2.15. The van der Waals surface area contributed by atoms with Crippen molar-refractivity contribution in [3.63, 3.8) is 0 Å². The Morgan fingerprint density at radius 2 is 2.04 bits per heavy atom. The minimum absolute atomic E-state index is 0.279. The second-order valence-corrected chi connectivity index (χ2v) is 5.46. The van der Waals surface area contributed by atoms with Gasteiger partial charge < -0.3 is 15.0 Å². The second kappa shape index (κ2) is 6.16. The number of para-hydroxylation sites is 1.